The Balaban J connectivity index is 1.97. The second kappa shape index (κ2) is 7.44. The Morgan fingerprint density at radius 1 is 1.15 bits per heavy atom. The van der Waals surface area contributed by atoms with Crippen LogP contribution in [-0.2, 0) is 9.53 Å². The number of hydrogen-bond donors (Lipinski definition) is 5. The molecule has 0 saturated carbocycles. The average Bonchev–Trinajstić information content (AvgIpc) is 3.10. The zero-order chi connectivity index (χ0) is 18.8. The fourth-order valence-electron chi connectivity index (χ4n) is 2.74. The highest BCUT2D eigenvalue weighted by Gasteiger charge is 2.45. The molecule has 140 valence electrons. The van der Waals surface area contributed by atoms with Crippen molar-refractivity contribution >= 4 is 23.0 Å². The second-order valence-electron chi connectivity index (χ2n) is 5.80. The Hall–Kier alpha value is -2.43. The fraction of sp³-hybridized carbons (Fsp3) is 0.353. The molecule has 1 aromatic heterocycles. The van der Waals surface area contributed by atoms with Gasteiger partial charge in [0.2, 0.25) is 6.29 Å². The summed E-state index contributed by atoms with van der Waals surface area (Å²) in [4.78, 5) is 10.8. The van der Waals surface area contributed by atoms with Crippen LogP contribution in [0.15, 0.2) is 35.0 Å². The lowest BCUT2D eigenvalue weighted by molar-refractivity contribution is -0.277. The van der Waals surface area contributed by atoms with Crippen LogP contribution in [0.3, 0.4) is 0 Å². The molecule has 0 amide bonds. The molecule has 3 rings (SSSR count). The standard InChI is InChI=1S/C17H18O9/c18-7-11-13(21)14(22)15(23)17(25-11)26-16-8(2-4-12(19)20)1-3-10-9(16)5-6-24-10/h1-6,11,13-15,17-18,21-23H,7H2,(H,19,20). The summed E-state index contributed by atoms with van der Waals surface area (Å²) < 4.78 is 16.3. The number of fused-ring (bicyclic) bond motifs is 1. The maximum Gasteiger partial charge on any atom is 0.328 e. The predicted octanol–water partition coefficient (Wildman–Crippen LogP) is -0.291. The van der Waals surface area contributed by atoms with Crippen molar-refractivity contribution in [2.45, 2.75) is 30.7 Å². The maximum atomic E-state index is 10.8. The summed E-state index contributed by atoms with van der Waals surface area (Å²) in [7, 11) is 0. The molecule has 26 heavy (non-hydrogen) atoms. The van der Waals surface area contributed by atoms with Gasteiger partial charge < -0.3 is 39.4 Å². The molecule has 0 aliphatic carbocycles. The zero-order valence-corrected chi connectivity index (χ0v) is 13.4. The van der Waals surface area contributed by atoms with Crippen molar-refractivity contribution in [1.29, 1.82) is 0 Å². The van der Waals surface area contributed by atoms with Crippen LogP contribution < -0.4 is 4.74 Å². The zero-order valence-electron chi connectivity index (χ0n) is 13.4. The van der Waals surface area contributed by atoms with Crippen molar-refractivity contribution in [3.05, 3.63) is 36.1 Å². The Kier molecular flexibility index (Phi) is 5.25. The number of benzene rings is 1. The van der Waals surface area contributed by atoms with Crippen LogP contribution in [0.1, 0.15) is 5.56 Å². The summed E-state index contributed by atoms with van der Waals surface area (Å²) in [6.45, 7) is -0.591. The summed E-state index contributed by atoms with van der Waals surface area (Å²) in [5, 5.41) is 48.5. The smallest absolute Gasteiger partial charge is 0.328 e. The fourth-order valence-corrected chi connectivity index (χ4v) is 2.74. The number of aliphatic hydroxyl groups is 4. The van der Waals surface area contributed by atoms with Crippen LogP contribution in [0.2, 0.25) is 0 Å². The topological polar surface area (TPSA) is 150 Å². The molecular weight excluding hydrogens is 348 g/mol. The highest BCUT2D eigenvalue weighted by molar-refractivity contribution is 5.91. The van der Waals surface area contributed by atoms with Crippen LogP contribution >= 0.6 is 0 Å². The molecule has 0 radical (unpaired) electrons. The number of aliphatic carboxylic acids is 1. The lowest BCUT2D eigenvalue weighted by atomic mass is 9.99. The molecule has 5 N–H and O–H groups in total. The van der Waals surface area contributed by atoms with Gasteiger partial charge in [0.05, 0.1) is 18.3 Å². The summed E-state index contributed by atoms with van der Waals surface area (Å²) >= 11 is 0. The lowest BCUT2D eigenvalue weighted by Crippen LogP contribution is -2.60. The van der Waals surface area contributed by atoms with Crippen LogP contribution in [0, 0.1) is 0 Å². The molecule has 9 heteroatoms. The van der Waals surface area contributed by atoms with Gasteiger partial charge in [0, 0.05) is 11.6 Å². The van der Waals surface area contributed by atoms with E-state index >= 15 is 0 Å². The van der Waals surface area contributed by atoms with Gasteiger partial charge >= 0.3 is 5.97 Å². The van der Waals surface area contributed by atoms with Gasteiger partial charge in [-0.15, -0.1) is 0 Å². The van der Waals surface area contributed by atoms with Gasteiger partial charge in [-0.25, -0.2) is 4.79 Å². The summed E-state index contributed by atoms with van der Waals surface area (Å²) in [6.07, 6.45) is -3.59. The van der Waals surface area contributed by atoms with Gasteiger partial charge in [-0.1, -0.05) is 0 Å². The summed E-state index contributed by atoms with van der Waals surface area (Å²) in [5.41, 5.74) is 0.829. The number of carboxylic acid groups (broad SMARTS) is 1. The number of ether oxygens (including phenoxy) is 2. The number of carbonyl (C=O) groups is 1. The van der Waals surface area contributed by atoms with Crippen LogP contribution in [0.25, 0.3) is 17.0 Å². The van der Waals surface area contributed by atoms with Gasteiger partial charge in [0.15, 0.2) is 0 Å². The Morgan fingerprint density at radius 3 is 2.62 bits per heavy atom. The van der Waals surface area contributed by atoms with Crippen molar-refractivity contribution in [3.8, 4) is 5.75 Å². The molecule has 5 atom stereocenters. The first-order chi connectivity index (χ1) is 12.4. The molecule has 1 aliphatic rings. The van der Waals surface area contributed by atoms with E-state index in [1.165, 1.54) is 12.3 Å². The van der Waals surface area contributed by atoms with E-state index in [2.05, 4.69) is 0 Å². The van der Waals surface area contributed by atoms with Gasteiger partial charge in [-0.2, -0.15) is 0 Å². The molecule has 0 spiro atoms. The molecule has 0 bridgehead atoms. The van der Waals surface area contributed by atoms with Crippen molar-refractivity contribution in [3.63, 3.8) is 0 Å². The molecule has 1 aromatic carbocycles. The van der Waals surface area contributed by atoms with E-state index < -0.39 is 43.3 Å². The Morgan fingerprint density at radius 2 is 1.92 bits per heavy atom. The minimum Gasteiger partial charge on any atom is -0.478 e. The summed E-state index contributed by atoms with van der Waals surface area (Å²) in [5.74, 6) is -0.992. The third-order valence-corrected chi connectivity index (χ3v) is 4.10. The Bertz CT molecular complexity index is 810. The minimum absolute atomic E-state index is 0.165. The lowest BCUT2D eigenvalue weighted by Gasteiger charge is -2.39. The van der Waals surface area contributed by atoms with Gasteiger partial charge in [-0.05, 0) is 24.3 Å². The molecular formula is C17H18O9. The molecule has 1 aliphatic heterocycles. The normalized spacial score (nSPS) is 29.3. The monoisotopic (exact) mass is 366 g/mol. The SMILES string of the molecule is O=C(O)C=Cc1ccc2occc2c1OC1OC(CO)C(O)C(O)C1O. The molecule has 1 saturated heterocycles. The maximum absolute atomic E-state index is 10.8. The minimum atomic E-state index is -1.59. The number of aliphatic hydroxyl groups excluding tert-OH is 4. The van der Waals surface area contributed by atoms with Crippen molar-refractivity contribution in [2.75, 3.05) is 6.61 Å². The van der Waals surface area contributed by atoms with E-state index in [9.17, 15) is 25.2 Å². The highest BCUT2D eigenvalue weighted by atomic mass is 16.7. The largest absolute Gasteiger partial charge is 0.478 e. The van der Waals surface area contributed by atoms with E-state index in [1.54, 1.807) is 18.2 Å². The number of hydrogen-bond acceptors (Lipinski definition) is 8. The van der Waals surface area contributed by atoms with Gasteiger partial charge in [-0.3, -0.25) is 0 Å². The van der Waals surface area contributed by atoms with E-state index in [1.807, 2.05) is 0 Å². The number of carboxylic acids is 1. The number of rotatable bonds is 5. The summed E-state index contributed by atoms with van der Waals surface area (Å²) in [6, 6.07) is 4.77. The van der Waals surface area contributed by atoms with Crippen LogP contribution in [0.4, 0.5) is 0 Å². The van der Waals surface area contributed by atoms with Crippen molar-refractivity contribution in [2.24, 2.45) is 0 Å². The van der Waals surface area contributed by atoms with Gasteiger partial charge in [0.1, 0.15) is 35.7 Å². The molecule has 9 nitrogen and oxygen atoms in total. The second-order valence-corrected chi connectivity index (χ2v) is 5.80. The quantitative estimate of drug-likeness (QED) is 0.450. The Labute approximate surface area is 147 Å². The number of furan rings is 1. The molecule has 2 heterocycles. The third-order valence-electron chi connectivity index (χ3n) is 4.10. The third kappa shape index (κ3) is 3.43. The molecule has 2 aromatic rings. The first kappa shape index (κ1) is 18.4. The van der Waals surface area contributed by atoms with E-state index in [0.717, 1.165) is 6.08 Å². The van der Waals surface area contributed by atoms with E-state index in [0.29, 0.717) is 16.5 Å². The van der Waals surface area contributed by atoms with E-state index in [-0.39, 0.29) is 5.75 Å². The first-order valence-electron chi connectivity index (χ1n) is 7.80. The van der Waals surface area contributed by atoms with Gasteiger partial charge in [0.25, 0.3) is 0 Å². The predicted molar refractivity (Wildman–Crippen MR) is 87.3 cm³/mol. The first-order valence-corrected chi connectivity index (χ1v) is 7.80. The van der Waals surface area contributed by atoms with Crippen molar-refractivity contribution < 1.29 is 44.2 Å². The van der Waals surface area contributed by atoms with E-state index in [4.69, 9.17) is 19.0 Å². The molecule has 5 unspecified atom stereocenters. The van der Waals surface area contributed by atoms with Crippen molar-refractivity contribution in [1.82, 2.24) is 0 Å². The van der Waals surface area contributed by atoms with Crippen LogP contribution in [0.5, 0.6) is 5.75 Å². The average molecular weight is 366 g/mol. The highest BCUT2D eigenvalue weighted by Crippen LogP contribution is 2.34. The molecule has 1 fully saturated rings. The van der Waals surface area contributed by atoms with Crippen LogP contribution in [-0.4, -0.2) is 68.8 Å².